The highest BCUT2D eigenvalue weighted by Crippen LogP contribution is 2.16. The van der Waals surface area contributed by atoms with Gasteiger partial charge in [-0.15, -0.1) is 11.8 Å². The fraction of sp³-hybridized carbons (Fsp3) is 0.176. The third-order valence-corrected chi connectivity index (χ3v) is 3.79. The van der Waals surface area contributed by atoms with Gasteiger partial charge in [0.2, 0.25) is 0 Å². The van der Waals surface area contributed by atoms with Gasteiger partial charge in [-0.2, -0.15) is 0 Å². The molecule has 2 aromatic rings. The molecule has 0 saturated carbocycles. The minimum Gasteiger partial charge on any atom is -0.455 e. The fourth-order valence-electron chi connectivity index (χ4n) is 1.68. The highest BCUT2D eigenvalue weighted by Gasteiger charge is 2.08. The number of benzene rings is 2. The van der Waals surface area contributed by atoms with E-state index < -0.39 is 5.97 Å². The normalized spacial score (nSPS) is 10.0. The van der Waals surface area contributed by atoms with E-state index in [0.717, 1.165) is 10.5 Å². The third-order valence-electron chi connectivity index (χ3n) is 2.80. The first kappa shape index (κ1) is 16.1. The Kier molecular flexibility index (Phi) is 6.03. The minimum absolute atomic E-state index is 0.182. The molecule has 0 bridgehead atoms. The third kappa shape index (κ3) is 5.61. The summed E-state index contributed by atoms with van der Waals surface area (Å²) in [6, 6.07) is 17.0. The van der Waals surface area contributed by atoms with Gasteiger partial charge in [0, 0.05) is 10.6 Å². The second kappa shape index (κ2) is 8.24. The maximum Gasteiger partial charge on any atom is 0.316 e. The van der Waals surface area contributed by atoms with E-state index in [-0.39, 0.29) is 18.3 Å². The Hall–Kier alpha value is -2.27. The summed E-state index contributed by atoms with van der Waals surface area (Å²) in [4.78, 5) is 24.3. The zero-order valence-corrected chi connectivity index (χ0v) is 13.1. The lowest BCUT2D eigenvalue weighted by Gasteiger charge is -2.07. The predicted octanol–water partition coefficient (Wildman–Crippen LogP) is 3.27. The molecule has 0 saturated heterocycles. The van der Waals surface area contributed by atoms with Gasteiger partial charge < -0.3 is 10.1 Å². The average molecular weight is 315 g/mol. The van der Waals surface area contributed by atoms with Gasteiger partial charge in [-0.1, -0.05) is 35.9 Å². The smallest absolute Gasteiger partial charge is 0.316 e. The standard InChI is InChI=1S/C17H17NO3S/c1-13-7-9-14(10-8-13)18-16(19)11-21-17(20)12-22-15-5-3-2-4-6-15/h2-10H,11-12H2,1H3,(H,18,19). The number of aryl methyl sites for hydroxylation is 1. The molecule has 5 heteroatoms. The van der Waals surface area contributed by atoms with Crippen LogP contribution in [0.5, 0.6) is 0 Å². The van der Waals surface area contributed by atoms with E-state index in [0.29, 0.717) is 5.69 Å². The number of esters is 1. The molecule has 1 amide bonds. The molecule has 22 heavy (non-hydrogen) atoms. The number of ether oxygens (including phenoxy) is 1. The van der Waals surface area contributed by atoms with E-state index in [4.69, 9.17) is 4.74 Å². The van der Waals surface area contributed by atoms with Gasteiger partial charge in [0.05, 0.1) is 5.75 Å². The summed E-state index contributed by atoms with van der Waals surface area (Å²) in [6.07, 6.45) is 0. The molecule has 114 valence electrons. The van der Waals surface area contributed by atoms with Crippen molar-refractivity contribution in [1.29, 1.82) is 0 Å². The zero-order valence-electron chi connectivity index (χ0n) is 12.2. The topological polar surface area (TPSA) is 55.4 Å². The summed E-state index contributed by atoms with van der Waals surface area (Å²) < 4.78 is 4.95. The second-order valence-corrected chi connectivity index (χ2v) is 5.73. The van der Waals surface area contributed by atoms with E-state index in [9.17, 15) is 9.59 Å². The van der Waals surface area contributed by atoms with Crippen molar-refractivity contribution in [1.82, 2.24) is 0 Å². The summed E-state index contributed by atoms with van der Waals surface area (Å²) >= 11 is 1.38. The predicted molar refractivity (Wildman–Crippen MR) is 87.9 cm³/mol. The number of carbonyl (C=O) groups is 2. The van der Waals surface area contributed by atoms with E-state index in [1.165, 1.54) is 11.8 Å². The first-order valence-corrected chi connectivity index (χ1v) is 7.82. The molecule has 4 nitrogen and oxygen atoms in total. The maximum atomic E-state index is 11.7. The van der Waals surface area contributed by atoms with Crippen LogP contribution in [0, 0.1) is 6.92 Å². The Bertz CT molecular complexity index is 626. The van der Waals surface area contributed by atoms with Gasteiger partial charge in [-0.3, -0.25) is 9.59 Å². The van der Waals surface area contributed by atoms with Crippen molar-refractivity contribution in [3.63, 3.8) is 0 Å². The summed E-state index contributed by atoms with van der Waals surface area (Å²) in [6.45, 7) is 1.69. The van der Waals surface area contributed by atoms with E-state index in [2.05, 4.69) is 5.32 Å². The Morgan fingerprint density at radius 2 is 1.73 bits per heavy atom. The molecule has 0 aliphatic heterocycles. The monoisotopic (exact) mass is 315 g/mol. The van der Waals surface area contributed by atoms with Crippen molar-refractivity contribution in [2.45, 2.75) is 11.8 Å². The van der Waals surface area contributed by atoms with Gasteiger partial charge in [0.25, 0.3) is 5.91 Å². The number of hydrogen-bond donors (Lipinski definition) is 1. The first-order chi connectivity index (χ1) is 10.6. The number of amides is 1. The van der Waals surface area contributed by atoms with Crippen molar-refractivity contribution >= 4 is 29.3 Å². The SMILES string of the molecule is Cc1ccc(NC(=O)COC(=O)CSc2ccccc2)cc1. The van der Waals surface area contributed by atoms with Gasteiger partial charge in [0.15, 0.2) is 6.61 Å². The van der Waals surface area contributed by atoms with Crippen molar-refractivity contribution in [2.75, 3.05) is 17.7 Å². The zero-order chi connectivity index (χ0) is 15.8. The molecule has 0 aliphatic carbocycles. The molecule has 0 fully saturated rings. The minimum atomic E-state index is -0.409. The summed E-state index contributed by atoms with van der Waals surface area (Å²) in [5, 5.41) is 2.68. The lowest BCUT2D eigenvalue weighted by atomic mass is 10.2. The van der Waals surface area contributed by atoms with E-state index >= 15 is 0 Å². The Morgan fingerprint density at radius 1 is 1.05 bits per heavy atom. The van der Waals surface area contributed by atoms with Crippen LogP contribution in [0.3, 0.4) is 0 Å². The molecule has 0 heterocycles. The second-order valence-electron chi connectivity index (χ2n) is 4.68. The molecule has 1 N–H and O–H groups in total. The largest absolute Gasteiger partial charge is 0.455 e. The Labute approximate surface area is 133 Å². The quantitative estimate of drug-likeness (QED) is 0.656. The van der Waals surface area contributed by atoms with Gasteiger partial charge in [0.1, 0.15) is 0 Å². The molecular weight excluding hydrogens is 298 g/mol. The Balaban J connectivity index is 1.69. The van der Waals surface area contributed by atoms with Crippen LogP contribution in [0.1, 0.15) is 5.56 Å². The highest BCUT2D eigenvalue weighted by molar-refractivity contribution is 8.00. The van der Waals surface area contributed by atoms with Crippen LogP contribution in [-0.4, -0.2) is 24.2 Å². The fourth-order valence-corrected chi connectivity index (χ4v) is 2.40. The molecule has 0 aliphatic rings. The number of anilines is 1. The molecule has 0 spiro atoms. The Morgan fingerprint density at radius 3 is 2.41 bits per heavy atom. The number of carbonyl (C=O) groups excluding carboxylic acids is 2. The van der Waals surface area contributed by atoms with Crippen LogP contribution in [0.25, 0.3) is 0 Å². The van der Waals surface area contributed by atoms with Crippen molar-refractivity contribution < 1.29 is 14.3 Å². The average Bonchev–Trinajstić information content (AvgIpc) is 2.54. The van der Waals surface area contributed by atoms with Crippen LogP contribution in [0.15, 0.2) is 59.5 Å². The van der Waals surface area contributed by atoms with Gasteiger partial charge in [-0.25, -0.2) is 0 Å². The molecule has 0 radical (unpaired) electrons. The molecule has 0 unspecified atom stereocenters. The molecular formula is C17H17NO3S. The lowest BCUT2D eigenvalue weighted by molar-refractivity contribution is -0.144. The van der Waals surface area contributed by atoms with Crippen molar-refractivity contribution in [3.8, 4) is 0 Å². The van der Waals surface area contributed by atoms with Crippen LogP contribution in [0.2, 0.25) is 0 Å². The molecule has 2 rings (SSSR count). The van der Waals surface area contributed by atoms with Crippen molar-refractivity contribution in [2.24, 2.45) is 0 Å². The van der Waals surface area contributed by atoms with Crippen LogP contribution >= 0.6 is 11.8 Å². The molecule has 0 aromatic heterocycles. The van der Waals surface area contributed by atoms with Crippen LogP contribution < -0.4 is 5.32 Å². The van der Waals surface area contributed by atoms with E-state index in [1.54, 1.807) is 12.1 Å². The maximum absolute atomic E-state index is 11.7. The number of nitrogens with one attached hydrogen (secondary N) is 1. The van der Waals surface area contributed by atoms with Gasteiger partial charge >= 0.3 is 5.97 Å². The lowest BCUT2D eigenvalue weighted by Crippen LogP contribution is -2.21. The number of rotatable bonds is 6. The van der Waals surface area contributed by atoms with Crippen LogP contribution in [0.4, 0.5) is 5.69 Å². The summed E-state index contributed by atoms with van der Waals surface area (Å²) in [7, 11) is 0. The number of thioether (sulfide) groups is 1. The van der Waals surface area contributed by atoms with Crippen LogP contribution in [-0.2, 0) is 14.3 Å². The number of hydrogen-bond acceptors (Lipinski definition) is 4. The van der Waals surface area contributed by atoms with E-state index in [1.807, 2.05) is 49.4 Å². The first-order valence-electron chi connectivity index (χ1n) is 6.83. The molecule has 2 aromatic carbocycles. The summed E-state index contributed by atoms with van der Waals surface area (Å²) in [5.41, 5.74) is 1.80. The highest BCUT2D eigenvalue weighted by atomic mass is 32.2. The van der Waals surface area contributed by atoms with Gasteiger partial charge in [-0.05, 0) is 31.2 Å². The molecule has 0 atom stereocenters. The van der Waals surface area contributed by atoms with Crippen molar-refractivity contribution in [3.05, 3.63) is 60.2 Å². The summed E-state index contributed by atoms with van der Waals surface area (Å²) in [5.74, 6) is -0.572.